The summed E-state index contributed by atoms with van der Waals surface area (Å²) in [6.07, 6.45) is 0. The molecule has 1 N–H and O–H groups in total. The highest BCUT2D eigenvalue weighted by Gasteiger charge is 2.17. The van der Waals surface area contributed by atoms with Crippen LogP contribution in [0.1, 0.15) is 0 Å². The lowest BCUT2D eigenvalue weighted by Gasteiger charge is -2.08. The van der Waals surface area contributed by atoms with Gasteiger partial charge in [-0.05, 0) is 29.8 Å². The molecule has 2 heterocycles. The van der Waals surface area contributed by atoms with Crippen molar-refractivity contribution in [3.05, 3.63) is 83.2 Å². The Bertz CT molecular complexity index is 1410. The molecule has 2 aromatic heterocycles. The molecule has 0 aliphatic rings. The number of rotatable bonds is 3. The second-order valence-corrected chi connectivity index (χ2v) is 6.70. The highest BCUT2D eigenvalue weighted by Crippen LogP contribution is 2.39. The summed E-state index contributed by atoms with van der Waals surface area (Å²) in [4.78, 5) is 12.3. The third-order valence-electron chi connectivity index (χ3n) is 4.94. The molecule has 0 spiro atoms. The number of aromatic hydroxyl groups is 1. The standard InChI is InChI=1S/C24H16O5/c1-27-20-9-5-8-15-10-21(29-24(15)20)18-13-23(26)28-22-12-16(19(25)11-17(18)22)14-6-3-2-4-7-14/h2-13,25H,1H3. The number of phenolic OH excluding ortho intramolecular Hbond substituents is 1. The van der Waals surface area contributed by atoms with Crippen molar-refractivity contribution in [3.8, 4) is 33.9 Å². The lowest BCUT2D eigenvalue weighted by atomic mass is 10.00. The lowest BCUT2D eigenvalue weighted by Crippen LogP contribution is -1.98. The minimum Gasteiger partial charge on any atom is -0.507 e. The van der Waals surface area contributed by atoms with Gasteiger partial charge in [0, 0.05) is 28.0 Å². The van der Waals surface area contributed by atoms with E-state index in [2.05, 4.69) is 0 Å². The molecule has 0 amide bonds. The van der Waals surface area contributed by atoms with Gasteiger partial charge < -0.3 is 18.7 Å². The van der Waals surface area contributed by atoms with Crippen LogP contribution < -0.4 is 10.4 Å². The Morgan fingerprint density at radius 3 is 2.48 bits per heavy atom. The van der Waals surface area contributed by atoms with Crippen LogP contribution in [0.4, 0.5) is 0 Å². The van der Waals surface area contributed by atoms with E-state index < -0.39 is 5.63 Å². The molecule has 142 valence electrons. The molecule has 0 fully saturated rings. The largest absolute Gasteiger partial charge is 0.507 e. The fourth-order valence-electron chi connectivity index (χ4n) is 3.58. The molecule has 0 saturated carbocycles. The molecule has 0 saturated heterocycles. The molecular weight excluding hydrogens is 368 g/mol. The first-order chi connectivity index (χ1) is 14.1. The van der Waals surface area contributed by atoms with Crippen molar-refractivity contribution in [1.82, 2.24) is 0 Å². The molecule has 5 heteroatoms. The van der Waals surface area contributed by atoms with E-state index in [1.807, 2.05) is 54.6 Å². The molecule has 5 nitrogen and oxygen atoms in total. The first kappa shape index (κ1) is 17.1. The molecular formula is C24H16O5. The van der Waals surface area contributed by atoms with Gasteiger partial charge in [0.05, 0.1) is 7.11 Å². The monoisotopic (exact) mass is 384 g/mol. The van der Waals surface area contributed by atoms with Crippen LogP contribution in [0.25, 0.3) is 44.4 Å². The Morgan fingerprint density at radius 2 is 1.69 bits per heavy atom. The minimum atomic E-state index is -0.496. The average molecular weight is 384 g/mol. The van der Waals surface area contributed by atoms with Gasteiger partial charge in [0.2, 0.25) is 0 Å². The Morgan fingerprint density at radius 1 is 0.862 bits per heavy atom. The van der Waals surface area contributed by atoms with E-state index in [1.165, 1.54) is 6.07 Å². The number of methoxy groups -OCH3 is 1. The zero-order chi connectivity index (χ0) is 20.0. The third-order valence-corrected chi connectivity index (χ3v) is 4.94. The first-order valence-electron chi connectivity index (χ1n) is 9.07. The normalized spacial score (nSPS) is 11.2. The van der Waals surface area contributed by atoms with Crippen molar-refractivity contribution in [3.63, 3.8) is 0 Å². The van der Waals surface area contributed by atoms with Gasteiger partial charge in [-0.25, -0.2) is 4.79 Å². The third kappa shape index (κ3) is 2.84. The summed E-state index contributed by atoms with van der Waals surface area (Å²) in [7, 11) is 1.58. The topological polar surface area (TPSA) is 72.8 Å². The van der Waals surface area contributed by atoms with Gasteiger partial charge in [0.1, 0.15) is 17.1 Å². The van der Waals surface area contributed by atoms with Crippen molar-refractivity contribution < 1.29 is 18.7 Å². The number of hydrogen-bond acceptors (Lipinski definition) is 5. The number of benzene rings is 3. The first-order valence-corrected chi connectivity index (χ1v) is 9.07. The van der Waals surface area contributed by atoms with Gasteiger partial charge in [-0.1, -0.05) is 42.5 Å². The van der Waals surface area contributed by atoms with Crippen LogP contribution >= 0.6 is 0 Å². The summed E-state index contributed by atoms with van der Waals surface area (Å²) in [5.74, 6) is 1.19. The highest BCUT2D eigenvalue weighted by atomic mass is 16.5. The molecule has 0 atom stereocenters. The smallest absolute Gasteiger partial charge is 0.336 e. The van der Waals surface area contributed by atoms with Crippen molar-refractivity contribution in [2.75, 3.05) is 7.11 Å². The number of ether oxygens (including phenoxy) is 1. The maximum Gasteiger partial charge on any atom is 0.336 e. The molecule has 29 heavy (non-hydrogen) atoms. The number of para-hydroxylation sites is 1. The summed E-state index contributed by atoms with van der Waals surface area (Å²) in [5.41, 5.74) is 2.43. The zero-order valence-electron chi connectivity index (χ0n) is 15.5. The number of hydrogen-bond donors (Lipinski definition) is 1. The second kappa shape index (κ2) is 6.56. The molecule has 0 aliphatic heterocycles. The molecule has 5 rings (SSSR count). The van der Waals surface area contributed by atoms with Crippen LogP contribution in [-0.2, 0) is 0 Å². The van der Waals surface area contributed by atoms with Crippen molar-refractivity contribution >= 4 is 21.9 Å². The number of furan rings is 1. The zero-order valence-corrected chi connectivity index (χ0v) is 15.5. The van der Waals surface area contributed by atoms with Gasteiger partial charge >= 0.3 is 5.63 Å². The molecule has 5 aromatic rings. The van der Waals surface area contributed by atoms with E-state index in [9.17, 15) is 9.90 Å². The summed E-state index contributed by atoms with van der Waals surface area (Å²) in [6, 6.07) is 21.5. The summed E-state index contributed by atoms with van der Waals surface area (Å²) < 4.78 is 16.8. The Hall–Kier alpha value is -3.99. The molecule has 0 aliphatic carbocycles. The highest BCUT2D eigenvalue weighted by molar-refractivity contribution is 5.98. The van der Waals surface area contributed by atoms with Crippen molar-refractivity contribution in [2.24, 2.45) is 0 Å². The Balaban J connectivity index is 1.77. The fourth-order valence-corrected chi connectivity index (χ4v) is 3.58. The van der Waals surface area contributed by atoms with Crippen LogP contribution in [0.3, 0.4) is 0 Å². The van der Waals surface area contributed by atoms with Gasteiger partial charge in [0.15, 0.2) is 11.3 Å². The van der Waals surface area contributed by atoms with Gasteiger partial charge in [0.25, 0.3) is 0 Å². The SMILES string of the molecule is COc1cccc2cc(-c3cc(=O)oc4cc(-c5ccccc5)c(O)cc34)oc12. The van der Waals surface area contributed by atoms with Gasteiger partial charge in [-0.3, -0.25) is 0 Å². The number of fused-ring (bicyclic) bond motifs is 2. The summed E-state index contributed by atoms with van der Waals surface area (Å²) in [6.45, 7) is 0. The van der Waals surface area contributed by atoms with Gasteiger partial charge in [-0.2, -0.15) is 0 Å². The van der Waals surface area contributed by atoms with E-state index >= 15 is 0 Å². The molecule has 3 aromatic carbocycles. The predicted molar refractivity (Wildman–Crippen MR) is 111 cm³/mol. The fraction of sp³-hybridized carbons (Fsp3) is 0.0417. The van der Waals surface area contributed by atoms with E-state index in [-0.39, 0.29) is 5.75 Å². The Labute approximate surface area is 165 Å². The summed E-state index contributed by atoms with van der Waals surface area (Å²) >= 11 is 0. The summed E-state index contributed by atoms with van der Waals surface area (Å²) in [5, 5.41) is 12.1. The van der Waals surface area contributed by atoms with Crippen LogP contribution in [0, 0.1) is 0 Å². The van der Waals surface area contributed by atoms with E-state index in [0.717, 1.165) is 10.9 Å². The molecule has 0 radical (unpaired) electrons. The van der Waals surface area contributed by atoms with Crippen LogP contribution in [0.5, 0.6) is 11.5 Å². The Kier molecular flexibility index (Phi) is 3.88. The maximum atomic E-state index is 12.3. The van der Waals surface area contributed by atoms with Crippen molar-refractivity contribution in [2.45, 2.75) is 0 Å². The quantitative estimate of drug-likeness (QED) is 0.411. The minimum absolute atomic E-state index is 0.0903. The molecule has 0 bridgehead atoms. The maximum absolute atomic E-state index is 12.3. The number of phenols is 1. The van der Waals surface area contributed by atoms with Crippen LogP contribution in [0.2, 0.25) is 0 Å². The van der Waals surface area contributed by atoms with E-state index in [1.54, 1.807) is 19.2 Å². The van der Waals surface area contributed by atoms with Crippen LogP contribution in [-0.4, -0.2) is 12.2 Å². The average Bonchev–Trinajstić information content (AvgIpc) is 3.18. The van der Waals surface area contributed by atoms with Gasteiger partial charge in [-0.15, -0.1) is 0 Å². The van der Waals surface area contributed by atoms with E-state index in [4.69, 9.17) is 13.6 Å². The van der Waals surface area contributed by atoms with Crippen LogP contribution in [0.15, 0.2) is 86.4 Å². The van der Waals surface area contributed by atoms with E-state index in [0.29, 0.717) is 39.2 Å². The predicted octanol–water partition coefficient (Wildman–Crippen LogP) is 5.59. The second-order valence-electron chi connectivity index (χ2n) is 6.70. The molecule has 0 unspecified atom stereocenters. The van der Waals surface area contributed by atoms with Crippen molar-refractivity contribution in [1.29, 1.82) is 0 Å². The lowest BCUT2D eigenvalue weighted by molar-refractivity contribution is 0.411.